The maximum Gasteiger partial charge on any atom is 0.453 e. The minimum atomic E-state index is -5.70. The Balaban J connectivity index is 1.44. The number of benzene rings is 1. The van der Waals surface area contributed by atoms with E-state index in [0.29, 0.717) is 16.7 Å². The summed E-state index contributed by atoms with van der Waals surface area (Å²) in [6.45, 7) is 4.17. The number of fused-ring (bicyclic) bond motifs is 2. The highest BCUT2D eigenvalue weighted by Gasteiger charge is 2.57. The quantitative estimate of drug-likeness (QED) is 0.275. The van der Waals surface area contributed by atoms with Gasteiger partial charge in [-0.2, -0.15) is 22.0 Å². The molecule has 1 unspecified atom stereocenters. The number of nitrogens with zero attached hydrogens (tertiary/aromatic N) is 4. The molecular weight excluding hydrogens is 577 g/mol. The zero-order valence-electron chi connectivity index (χ0n) is 23.3. The molecule has 0 aliphatic carbocycles. The number of pyridine rings is 1. The molecule has 0 fully saturated rings. The van der Waals surface area contributed by atoms with E-state index in [1.54, 1.807) is 57.2 Å². The third-order valence-electron chi connectivity index (χ3n) is 7.89. The molecule has 5 N–H and O–H groups in total. The molecule has 15 heteroatoms. The molecule has 1 amide bonds. The molecule has 0 saturated heterocycles. The minimum Gasteiger partial charge on any atom is -0.481 e. The number of carbonyl (C=O) groups excluding carboxylic acids is 1. The van der Waals surface area contributed by atoms with Crippen molar-refractivity contribution < 1.29 is 36.6 Å². The minimum absolute atomic E-state index is 0.0359. The average molecular weight is 606 g/mol. The summed E-state index contributed by atoms with van der Waals surface area (Å²) in [5.41, 5.74) is 9.01. The fourth-order valence-electron chi connectivity index (χ4n) is 5.28. The molecule has 5 rings (SSSR count). The molecule has 43 heavy (non-hydrogen) atoms. The van der Waals surface area contributed by atoms with Crippen LogP contribution in [0.2, 0.25) is 0 Å². The van der Waals surface area contributed by atoms with E-state index in [1.807, 2.05) is 0 Å². The Morgan fingerprint density at radius 1 is 1.12 bits per heavy atom. The zero-order chi connectivity index (χ0) is 31.5. The molecule has 0 spiro atoms. The first kappa shape index (κ1) is 30.1. The Labute approximate surface area is 242 Å². The van der Waals surface area contributed by atoms with Crippen molar-refractivity contribution >= 4 is 29.3 Å². The number of hydrazine groups is 1. The highest BCUT2D eigenvalue weighted by molar-refractivity contribution is 6.08. The predicted molar refractivity (Wildman–Crippen MR) is 145 cm³/mol. The summed E-state index contributed by atoms with van der Waals surface area (Å²) in [4.78, 5) is 37.9. The average Bonchev–Trinajstić information content (AvgIpc) is 3.42. The standard InChI is InChI=1S/C28H28F5N7O3/c1-25(2,24(42)43)13-14-6-8-15(9-7-14)26(3)17-19(34)36-21(37-20(17)38-23(26)41)18-16-5-4-11-35-22(16)40(39-18)12-10-27(29,30)28(31,32)33/h4-9,11,18,39H,10,12-13H2,1-3H3,(H,42,43)(H3,34,36,37,38,41)/t18?,26-/m0/s1. The number of anilines is 3. The molecule has 0 saturated carbocycles. The van der Waals surface area contributed by atoms with Crippen LogP contribution in [0.4, 0.5) is 39.4 Å². The van der Waals surface area contributed by atoms with Gasteiger partial charge in [0.25, 0.3) is 0 Å². The van der Waals surface area contributed by atoms with Crippen LogP contribution in [0.1, 0.15) is 61.3 Å². The number of carbonyl (C=O) groups is 2. The van der Waals surface area contributed by atoms with Crippen LogP contribution < -0.4 is 21.5 Å². The number of hydrogen-bond acceptors (Lipinski definition) is 8. The van der Waals surface area contributed by atoms with Crippen molar-refractivity contribution in [2.45, 2.75) is 57.2 Å². The second-order valence-electron chi connectivity index (χ2n) is 11.4. The molecule has 0 bridgehead atoms. The molecule has 2 atom stereocenters. The second kappa shape index (κ2) is 10.1. The van der Waals surface area contributed by atoms with E-state index < -0.39 is 53.8 Å². The van der Waals surface area contributed by atoms with Crippen LogP contribution in [0, 0.1) is 5.41 Å². The van der Waals surface area contributed by atoms with E-state index in [0.717, 1.165) is 10.6 Å². The van der Waals surface area contributed by atoms with Crippen molar-refractivity contribution in [3.05, 3.63) is 70.7 Å². The third-order valence-corrected chi connectivity index (χ3v) is 7.89. The molecule has 3 aromatic rings. The fraction of sp³-hybridized carbons (Fsp3) is 0.393. The summed E-state index contributed by atoms with van der Waals surface area (Å²) in [5.74, 6) is -6.01. The third kappa shape index (κ3) is 5.11. The highest BCUT2D eigenvalue weighted by atomic mass is 19.4. The molecule has 2 aliphatic rings. The van der Waals surface area contributed by atoms with Crippen LogP contribution in [0.5, 0.6) is 0 Å². The number of aromatic nitrogens is 3. The summed E-state index contributed by atoms with van der Waals surface area (Å²) in [5, 5.41) is 13.3. The summed E-state index contributed by atoms with van der Waals surface area (Å²) in [7, 11) is 0. The molecule has 0 radical (unpaired) electrons. The molecule has 2 aliphatic heterocycles. The highest BCUT2D eigenvalue weighted by Crippen LogP contribution is 2.46. The number of alkyl halides is 5. The number of aliphatic carboxylic acids is 1. The van der Waals surface area contributed by atoms with Gasteiger partial charge >= 0.3 is 18.1 Å². The number of nitrogen functional groups attached to an aromatic ring is 1. The first-order chi connectivity index (χ1) is 20.0. The van der Waals surface area contributed by atoms with Gasteiger partial charge in [0.1, 0.15) is 28.9 Å². The SMILES string of the molecule is CC(C)(Cc1ccc([C@]2(C)C(=O)Nc3nc(C4NN(CCC(F)(F)C(F)(F)F)c5ncccc54)nc(N)c32)cc1)C(=O)O. The number of hydrogen-bond donors (Lipinski definition) is 4. The van der Waals surface area contributed by atoms with Crippen molar-refractivity contribution in [1.29, 1.82) is 0 Å². The predicted octanol–water partition coefficient (Wildman–Crippen LogP) is 4.37. The van der Waals surface area contributed by atoms with Crippen LogP contribution in [0.3, 0.4) is 0 Å². The van der Waals surface area contributed by atoms with Crippen LogP contribution in [0.25, 0.3) is 0 Å². The first-order valence-electron chi connectivity index (χ1n) is 13.2. The van der Waals surface area contributed by atoms with E-state index in [9.17, 15) is 36.6 Å². The maximum absolute atomic E-state index is 13.7. The Hall–Kier alpha value is -4.40. The van der Waals surface area contributed by atoms with E-state index in [1.165, 1.54) is 6.20 Å². The Bertz CT molecular complexity index is 1600. The lowest BCUT2D eigenvalue weighted by Gasteiger charge is -2.25. The lowest BCUT2D eigenvalue weighted by Crippen LogP contribution is -2.43. The Kier molecular flexibility index (Phi) is 7.07. The van der Waals surface area contributed by atoms with Crippen molar-refractivity contribution in [3.8, 4) is 0 Å². The summed E-state index contributed by atoms with van der Waals surface area (Å²) >= 11 is 0. The van der Waals surface area contributed by atoms with Crippen LogP contribution in [0.15, 0.2) is 42.6 Å². The summed E-state index contributed by atoms with van der Waals surface area (Å²) in [6.07, 6.45) is -5.57. The maximum atomic E-state index is 13.7. The van der Waals surface area contributed by atoms with Crippen molar-refractivity contribution in [3.63, 3.8) is 0 Å². The van der Waals surface area contributed by atoms with Gasteiger partial charge in [-0.25, -0.2) is 20.4 Å². The Morgan fingerprint density at radius 3 is 2.42 bits per heavy atom. The van der Waals surface area contributed by atoms with Gasteiger partial charge in [0.2, 0.25) is 5.91 Å². The van der Waals surface area contributed by atoms with Crippen LogP contribution >= 0.6 is 0 Å². The van der Waals surface area contributed by atoms with Gasteiger partial charge < -0.3 is 16.2 Å². The topological polar surface area (TPSA) is 146 Å². The van der Waals surface area contributed by atoms with E-state index >= 15 is 0 Å². The molecule has 4 heterocycles. The molecule has 2 aromatic heterocycles. The Morgan fingerprint density at radius 2 is 1.79 bits per heavy atom. The first-order valence-corrected chi connectivity index (χ1v) is 13.2. The lowest BCUT2D eigenvalue weighted by atomic mass is 9.77. The summed E-state index contributed by atoms with van der Waals surface area (Å²) in [6, 6.07) is 9.17. The van der Waals surface area contributed by atoms with E-state index in [-0.39, 0.29) is 29.7 Å². The van der Waals surface area contributed by atoms with E-state index in [2.05, 4.69) is 25.7 Å². The number of rotatable bonds is 8. The van der Waals surface area contributed by atoms with Crippen LogP contribution in [-0.2, 0) is 21.4 Å². The van der Waals surface area contributed by atoms with Gasteiger partial charge in [-0.1, -0.05) is 30.3 Å². The number of nitrogens with one attached hydrogen (secondary N) is 2. The van der Waals surface area contributed by atoms with Gasteiger partial charge in [-0.15, -0.1) is 0 Å². The molecule has 1 aromatic carbocycles. The van der Waals surface area contributed by atoms with Crippen molar-refractivity contribution in [2.24, 2.45) is 5.41 Å². The normalized spacial score (nSPS) is 20.1. The smallest absolute Gasteiger partial charge is 0.453 e. The number of nitrogens with two attached hydrogens (primary N) is 1. The van der Waals surface area contributed by atoms with Crippen molar-refractivity contribution in [2.75, 3.05) is 22.6 Å². The second-order valence-corrected chi connectivity index (χ2v) is 11.4. The number of halogens is 5. The fourth-order valence-corrected chi connectivity index (χ4v) is 5.28. The lowest BCUT2D eigenvalue weighted by molar-refractivity contribution is -0.283. The van der Waals surface area contributed by atoms with Crippen molar-refractivity contribution in [1.82, 2.24) is 20.4 Å². The molecular formula is C28H28F5N7O3. The molecule has 10 nitrogen and oxygen atoms in total. The van der Waals surface area contributed by atoms with Crippen LogP contribution in [-0.4, -0.2) is 50.6 Å². The van der Waals surface area contributed by atoms with Gasteiger partial charge in [0.15, 0.2) is 5.82 Å². The number of carboxylic acids is 1. The monoisotopic (exact) mass is 605 g/mol. The zero-order valence-corrected chi connectivity index (χ0v) is 23.3. The largest absolute Gasteiger partial charge is 0.481 e. The van der Waals surface area contributed by atoms with Gasteiger partial charge in [-0.05, 0) is 44.4 Å². The van der Waals surface area contributed by atoms with E-state index in [4.69, 9.17) is 5.73 Å². The van der Waals surface area contributed by atoms with Gasteiger partial charge in [0.05, 0.1) is 11.0 Å². The molecule has 228 valence electrons. The van der Waals surface area contributed by atoms with Gasteiger partial charge in [-0.3, -0.25) is 14.6 Å². The van der Waals surface area contributed by atoms with Gasteiger partial charge in [0, 0.05) is 24.7 Å². The number of carboxylic acid groups (broad SMARTS) is 1. The summed E-state index contributed by atoms with van der Waals surface area (Å²) < 4.78 is 65.6. The number of amides is 1.